The zero-order valence-electron chi connectivity index (χ0n) is 7.89. The first-order valence-electron chi connectivity index (χ1n) is 4.93. The van der Waals surface area contributed by atoms with Crippen molar-refractivity contribution in [1.82, 2.24) is 5.32 Å². The van der Waals surface area contributed by atoms with E-state index in [1.165, 1.54) is 6.07 Å². The summed E-state index contributed by atoms with van der Waals surface area (Å²) in [7, 11) is 0. The number of halogens is 2. The number of piperidine rings is 1. The van der Waals surface area contributed by atoms with Crippen molar-refractivity contribution in [2.45, 2.75) is 18.8 Å². The van der Waals surface area contributed by atoms with E-state index in [-0.39, 0.29) is 5.92 Å². The Kier molecular flexibility index (Phi) is 2.77. The summed E-state index contributed by atoms with van der Waals surface area (Å²) in [4.78, 5) is 0. The van der Waals surface area contributed by atoms with Gasteiger partial charge in [0.05, 0.1) is 0 Å². The highest BCUT2D eigenvalue weighted by Crippen LogP contribution is 2.25. The Morgan fingerprint density at radius 1 is 1.29 bits per heavy atom. The van der Waals surface area contributed by atoms with E-state index in [0.29, 0.717) is 5.56 Å². The summed E-state index contributed by atoms with van der Waals surface area (Å²) < 4.78 is 26.0. The van der Waals surface area contributed by atoms with E-state index in [0.717, 1.165) is 32.0 Å². The van der Waals surface area contributed by atoms with Crippen molar-refractivity contribution in [2.24, 2.45) is 0 Å². The molecule has 0 radical (unpaired) electrons. The smallest absolute Gasteiger partial charge is 0.129 e. The fourth-order valence-corrected chi connectivity index (χ4v) is 1.95. The van der Waals surface area contributed by atoms with Crippen molar-refractivity contribution in [3.8, 4) is 0 Å². The van der Waals surface area contributed by atoms with E-state index in [1.807, 2.05) is 0 Å². The minimum absolute atomic E-state index is 0.198. The van der Waals surface area contributed by atoms with Crippen LogP contribution < -0.4 is 5.32 Å². The first kappa shape index (κ1) is 9.59. The molecule has 1 saturated heterocycles. The number of rotatable bonds is 1. The molecule has 1 fully saturated rings. The summed E-state index contributed by atoms with van der Waals surface area (Å²) in [5.41, 5.74) is 0.638. The highest BCUT2D eigenvalue weighted by Gasteiger charge is 2.18. The van der Waals surface area contributed by atoms with E-state index >= 15 is 0 Å². The molecule has 0 aromatic heterocycles. The Labute approximate surface area is 82.1 Å². The zero-order chi connectivity index (χ0) is 9.97. The second-order valence-electron chi connectivity index (χ2n) is 3.71. The van der Waals surface area contributed by atoms with Gasteiger partial charge in [0, 0.05) is 12.6 Å². The van der Waals surface area contributed by atoms with Gasteiger partial charge >= 0.3 is 0 Å². The average Bonchev–Trinajstić information content (AvgIpc) is 2.19. The molecule has 1 nitrogen and oxygen atoms in total. The first-order chi connectivity index (χ1) is 6.77. The minimum atomic E-state index is -0.505. The monoisotopic (exact) mass is 197 g/mol. The lowest BCUT2D eigenvalue weighted by atomic mass is 9.91. The minimum Gasteiger partial charge on any atom is -0.316 e. The summed E-state index contributed by atoms with van der Waals surface area (Å²) in [5, 5.41) is 3.21. The predicted octanol–water partition coefficient (Wildman–Crippen LogP) is 2.43. The Hall–Kier alpha value is -0.960. The lowest BCUT2D eigenvalue weighted by molar-refractivity contribution is 0.444. The molecule has 1 N–H and O–H groups in total. The molecule has 2 rings (SSSR count). The van der Waals surface area contributed by atoms with Gasteiger partial charge in [0.2, 0.25) is 0 Å². The Balaban J connectivity index is 2.22. The van der Waals surface area contributed by atoms with E-state index in [9.17, 15) is 8.78 Å². The average molecular weight is 197 g/mol. The molecule has 1 aliphatic heterocycles. The molecule has 76 valence electrons. The molecule has 0 saturated carbocycles. The molecule has 1 heterocycles. The number of benzene rings is 1. The highest BCUT2D eigenvalue weighted by atomic mass is 19.1. The molecule has 1 aromatic rings. The standard InChI is InChI=1S/C11H13F2N/c12-9-3-4-10(11(13)6-9)8-2-1-5-14-7-8/h3-4,6,8,14H,1-2,5,7H2/t8-/m1/s1. The quantitative estimate of drug-likeness (QED) is 0.729. The van der Waals surface area contributed by atoms with E-state index in [2.05, 4.69) is 5.32 Å². The van der Waals surface area contributed by atoms with Crippen molar-refractivity contribution in [3.63, 3.8) is 0 Å². The summed E-state index contributed by atoms with van der Waals surface area (Å²) in [6, 6.07) is 3.85. The van der Waals surface area contributed by atoms with Crippen LogP contribution in [0.1, 0.15) is 24.3 Å². The van der Waals surface area contributed by atoms with E-state index in [1.54, 1.807) is 6.07 Å². The molecule has 1 atom stereocenters. The summed E-state index contributed by atoms with van der Waals surface area (Å²) in [5.74, 6) is -0.724. The summed E-state index contributed by atoms with van der Waals surface area (Å²) >= 11 is 0. The van der Waals surface area contributed by atoms with Crippen LogP contribution in [0.2, 0.25) is 0 Å². The lowest BCUT2D eigenvalue weighted by Crippen LogP contribution is -2.28. The van der Waals surface area contributed by atoms with Crippen molar-refractivity contribution in [2.75, 3.05) is 13.1 Å². The number of nitrogens with one attached hydrogen (secondary N) is 1. The molecule has 0 bridgehead atoms. The maximum absolute atomic E-state index is 13.4. The Morgan fingerprint density at radius 2 is 2.14 bits per heavy atom. The summed E-state index contributed by atoms with van der Waals surface area (Å²) in [6.07, 6.45) is 2.04. The van der Waals surface area contributed by atoms with E-state index in [4.69, 9.17) is 0 Å². The van der Waals surface area contributed by atoms with Gasteiger partial charge < -0.3 is 5.32 Å². The number of hydrogen-bond acceptors (Lipinski definition) is 1. The van der Waals surface area contributed by atoms with Crippen molar-refractivity contribution < 1.29 is 8.78 Å². The van der Waals surface area contributed by atoms with Crippen LogP contribution in [0.5, 0.6) is 0 Å². The fourth-order valence-electron chi connectivity index (χ4n) is 1.95. The highest BCUT2D eigenvalue weighted by molar-refractivity contribution is 5.23. The zero-order valence-corrected chi connectivity index (χ0v) is 7.89. The van der Waals surface area contributed by atoms with Gasteiger partial charge in [-0.1, -0.05) is 6.07 Å². The van der Waals surface area contributed by atoms with Crippen LogP contribution in [0, 0.1) is 11.6 Å². The molecule has 0 amide bonds. The molecule has 14 heavy (non-hydrogen) atoms. The van der Waals surface area contributed by atoms with Gasteiger partial charge in [0.15, 0.2) is 0 Å². The van der Waals surface area contributed by atoms with Crippen molar-refractivity contribution >= 4 is 0 Å². The predicted molar refractivity (Wildman–Crippen MR) is 51.2 cm³/mol. The van der Waals surface area contributed by atoms with Gasteiger partial charge in [-0.05, 0) is 36.9 Å². The second kappa shape index (κ2) is 4.05. The third-order valence-corrected chi connectivity index (χ3v) is 2.70. The Bertz CT molecular complexity index is 319. The molecule has 1 aliphatic rings. The third-order valence-electron chi connectivity index (χ3n) is 2.70. The molecule has 0 spiro atoms. The van der Waals surface area contributed by atoms with Crippen LogP contribution in [0.15, 0.2) is 18.2 Å². The van der Waals surface area contributed by atoms with Gasteiger partial charge in [-0.2, -0.15) is 0 Å². The second-order valence-corrected chi connectivity index (χ2v) is 3.71. The lowest BCUT2D eigenvalue weighted by Gasteiger charge is -2.23. The molecule has 3 heteroatoms. The normalized spacial score (nSPS) is 22.3. The van der Waals surface area contributed by atoms with Crippen molar-refractivity contribution in [3.05, 3.63) is 35.4 Å². The maximum Gasteiger partial charge on any atom is 0.129 e. The van der Waals surface area contributed by atoms with Crippen molar-refractivity contribution in [1.29, 1.82) is 0 Å². The van der Waals surface area contributed by atoms with Crippen LogP contribution in [0.25, 0.3) is 0 Å². The van der Waals surface area contributed by atoms with Gasteiger partial charge in [0.1, 0.15) is 11.6 Å². The maximum atomic E-state index is 13.4. The van der Waals surface area contributed by atoms with Crippen LogP contribution in [-0.4, -0.2) is 13.1 Å². The molecular formula is C11H13F2N. The molecule has 0 aliphatic carbocycles. The Morgan fingerprint density at radius 3 is 2.79 bits per heavy atom. The van der Waals surface area contributed by atoms with Gasteiger partial charge in [0.25, 0.3) is 0 Å². The van der Waals surface area contributed by atoms with Gasteiger partial charge in [-0.25, -0.2) is 8.78 Å². The van der Waals surface area contributed by atoms with Crippen LogP contribution in [0.4, 0.5) is 8.78 Å². The largest absolute Gasteiger partial charge is 0.316 e. The van der Waals surface area contributed by atoms with Crippen LogP contribution in [-0.2, 0) is 0 Å². The third kappa shape index (κ3) is 1.93. The summed E-state index contributed by atoms with van der Waals surface area (Å²) in [6.45, 7) is 1.79. The topological polar surface area (TPSA) is 12.0 Å². The van der Waals surface area contributed by atoms with E-state index < -0.39 is 11.6 Å². The SMILES string of the molecule is Fc1ccc([C@@H]2CCCNC2)c(F)c1. The molecular weight excluding hydrogens is 184 g/mol. The van der Waals surface area contributed by atoms with Gasteiger partial charge in [-0.15, -0.1) is 0 Å². The molecule has 0 unspecified atom stereocenters. The van der Waals surface area contributed by atoms with Gasteiger partial charge in [-0.3, -0.25) is 0 Å². The van der Waals surface area contributed by atoms with Crippen LogP contribution >= 0.6 is 0 Å². The van der Waals surface area contributed by atoms with Crippen LogP contribution in [0.3, 0.4) is 0 Å². The fraction of sp³-hybridized carbons (Fsp3) is 0.455. The molecule has 1 aromatic carbocycles. The first-order valence-corrected chi connectivity index (χ1v) is 4.93. The number of hydrogen-bond donors (Lipinski definition) is 1.